The smallest absolute Gasteiger partial charge is 0.0823 e. The van der Waals surface area contributed by atoms with Gasteiger partial charge in [-0.1, -0.05) is 0 Å². The first kappa shape index (κ1) is 9.92. The average molecular weight is 175 g/mol. The van der Waals surface area contributed by atoms with Crippen molar-refractivity contribution in [1.29, 1.82) is 0 Å². The molecule has 0 radical (unpaired) electrons. The molecule has 0 aliphatic carbocycles. The molecule has 0 unspecified atom stereocenters. The molecule has 0 atom stereocenters. The minimum absolute atomic E-state index is 0.105. The first-order valence-electron chi connectivity index (χ1n) is 4.44. The first-order chi connectivity index (χ1) is 5.93. The largest absolute Gasteiger partial charge is 0.394 e. The fraction of sp³-hybridized carbons (Fsp3) is 1.00. The summed E-state index contributed by atoms with van der Waals surface area (Å²) in [5.41, 5.74) is 0. The highest BCUT2D eigenvalue weighted by molar-refractivity contribution is 4.74. The lowest BCUT2D eigenvalue weighted by molar-refractivity contribution is 0.00332. The van der Waals surface area contributed by atoms with Crippen LogP contribution < -0.4 is 5.32 Å². The summed E-state index contributed by atoms with van der Waals surface area (Å²) < 4.78 is 10.5. The molecule has 12 heavy (non-hydrogen) atoms. The van der Waals surface area contributed by atoms with Crippen molar-refractivity contribution >= 4 is 0 Å². The molecule has 0 aromatic carbocycles. The molecule has 4 heteroatoms. The maximum Gasteiger partial charge on any atom is 0.0823 e. The molecular formula is C8H17NO3. The summed E-state index contributed by atoms with van der Waals surface area (Å²) in [6.45, 7) is 3.95. The molecule has 0 amide bonds. The van der Waals surface area contributed by atoms with Crippen molar-refractivity contribution in [2.45, 2.75) is 12.5 Å². The molecule has 1 heterocycles. The molecule has 1 aliphatic rings. The molecule has 0 aromatic heterocycles. The summed E-state index contributed by atoms with van der Waals surface area (Å²) in [6, 6.07) is 0. The molecule has 1 saturated heterocycles. The molecule has 0 bridgehead atoms. The van der Waals surface area contributed by atoms with Gasteiger partial charge in [0.1, 0.15) is 0 Å². The van der Waals surface area contributed by atoms with Gasteiger partial charge < -0.3 is 19.9 Å². The van der Waals surface area contributed by atoms with Crippen LogP contribution in [-0.2, 0) is 9.47 Å². The van der Waals surface area contributed by atoms with E-state index in [9.17, 15) is 0 Å². The van der Waals surface area contributed by atoms with Crippen molar-refractivity contribution in [3.05, 3.63) is 0 Å². The van der Waals surface area contributed by atoms with E-state index in [0.29, 0.717) is 19.3 Å². The summed E-state index contributed by atoms with van der Waals surface area (Å²) >= 11 is 0. The second kappa shape index (κ2) is 6.37. The number of aliphatic hydroxyl groups is 1. The zero-order chi connectivity index (χ0) is 8.65. The number of ether oxygens (including phenoxy) is 2. The van der Waals surface area contributed by atoms with E-state index in [-0.39, 0.29) is 6.61 Å². The third-order valence-electron chi connectivity index (χ3n) is 1.77. The fourth-order valence-corrected chi connectivity index (χ4v) is 0.958. The van der Waals surface area contributed by atoms with Crippen molar-refractivity contribution in [2.75, 3.05) is 39.5 Å². The third kappa shape index (κ3) is 4.01. The Labute approximate surface area is 72.9 Å². The summed E-state index contributed by atoms with van der Waals surface area (Å²) in [5.74, 6) is 0. The molecule has 1 rings (SSSR count). The van der Waals surface area contributed by atoms with Crippen LogP contribution in [0.1, 0.15) is 6.42 Å². The van der Waals surface area contributed by atoms with E-state index in [0.717, 1.165) is 26.1 Å². The Kier molecular flexibility index (Phi) is 5.27. The molecule has 1 fully saturated rings. The molecule has 0 spiro atoms. The van der Waals surface area contributed by atoms with Crippen LogP contribution in [0.2, 0.25) is 0 Å². The van der Waals surface area contributed by atoms with Crippen LogP contribution in [0.3, 0.4) is 0 Å². The van der Waals surface area contributed by atoms with E-state index in [2.05, 4.69) is 5.32 Å². The minimum Gasteiger partial charge on any atom is -0.394 e. The topological polar surface area (TPSA) is 50.7 Å². The summed E-state index contributed by atoms with van der Waals surface area (Å²) in [7, 11) is 0. The van der Waals surface area contributed by atoms with E-state index in [4.69, 9.17) is 14.6 Å². The van der Waals surface area contributed by atoms with E-state index in [1.54, 1.807) is 0 Å². The summed E-state index contributed by atoms with van der Waals surface area (Å²) in [4.78, 5) is 0. The highest BCUT2D eigenvalue weighted by Crippen LogP contribution is 1.98. The van der Waals surface area contributed by atoms with Crippen molar-refractivity contribution in [3.8, 4) is 0 Å². The van der Waals surface area contributed by atoms with Crippen LogP contribution in [0, 0.1) is 0 Å². The van der Waals surface area contributed by atoms with Crippen LogP contribution in [0.25, 0.3) is 0 Å². The van der Waals surface area contributed by atoms with Crippen LogP contribution in [0.4, 0.5) is 0 Å². The van der Waals surface area contributed by atoms with Gasteiger partial charge in [0.15, 0.2) is 0 Å². The number of aliphatic hydroxyl groups excluding tert-OH is 1. The SMILES string of the molecule is OCCOCCCOC1CNC1. The van der Waals surface area contributed by atoms with Gasteiger partial charge in [-0.15, -0.1) is 0 Å². The van der Waals surface area contributed by atoms with Crippen molar-refractivity contribution in [3.63, 3.8) is 0 Å². The zero-order valence-corrected chi connectivity index (χ0v) is 7.29. The van der Waals surface area contributed by atoms with E-state index in [1.165, 1.54) is 0 Å². The van der Waals surface area contributed by atoms with E-state index in [1.807, 2.05) is 0 Å². The minimum atomic E-state index is 0.105. The molecule has 0 aromatic rings. The van der Waals surface area contributed by atoms with E-state index >= 15 is 0 Å². The average Bonchev–Trinajstić information content (AvgIpc) is 2.00. The second-order valence-corrected chi connectivity index (χ2v) is 2.84. The number of nitrogens with one attached hydrogen (secondary N) is 1. The lowest BCUT2D eigenvalue weighted by Crippen LogP contribution is -2.48. The quantitative estimate of drug-likeness (QED) is 0.506. The lowest BCUT2D eigenvalue weighted by atomic mass is 10.2. The Bertz CT molecular complexity index is 106. The number of hydrogen-bond acceptors (Lipinski definition) is 4. The summed E-state index contributed by atoms with van der Waals surface area (Å²) in [5, 5.41) is 11.5. The van der Waals surface area contributed by atoms with Crippen molar-refractivity contribution < 1.29 is 14.6 Å². The van der Waals surface area contributed by atoms with Crippen LogP contribution in [0.15, 0.2) is 0 Å². The third-order valence-corrected chi connectivity index (χ3v) is 1.77. The van der Waals surface area contributed by atoms with Gasteiger partial charge in [-0.05, 0) is 6.42 Å². The molecule has 1 aliphatic heterocycles. The summed E-state index contributed by atoms with van der Waals surface area (Å²) in [6.07, 6.45) is 1.33. The van der Waals surface area contributed by atoms with Gasteiger partial charge in [0.05, 0.1) is 19.3 Å². The lowest BCUT2D eigenvalue weighted by Gasteiger charge is -2.26. The predicted molar refractivity (Wildman–Crippen MR) is 45.1 cm³/mol. The normalized spacial score (nSPS) is 17.8. The Morgan fingerprint density at radius 1 is 1.25 bits per heavy atom. The van der Waals surface area contributed by atoms with Crippen molar-refractivity contribution in [1.82, 2.24) is 5.32 Å². The Balaban J connectivity index is 1.70. The predicted octanol–water partition coefficient (Wildman–Crippen LogP) is -0.626. The molecule has 2 N–H and O–H groups in total. The number of rotatable bonds is 7. The monoisotopic (exact) mass is 175 g/mol. The van der Waals surface area contributed by atoms with Gasteiger partial charge in [-0.3, -0.25) is 0 Å². The zero-order valence-electron chi connectivity index (χ0n) is 7.29. The van der Waals surface area contributed by atoms with E-state index < -0.39 is 0 Å². The number of hydrogen-bond donors (Lipinski definition) is 2. The van der Waals surface area contributed by atoms with Crippen LogP contribution in [0.5, 0.6) is 0 Å². The van der Waals surface area contributed by atoms with Crippen molar-refractivity contribution in [2.24, 2.45) is 0 Å². The maximum absolute atomic E-state index is 8.39. The van der Waals surface area contributed by atoms with Gasteiger partial charge in [0.25, 0.3) is 0 Å². The fourth-order valence-electron chi connectivity index (χ4n) is 0.958. The first-order valence-corrected chi connectivity index (χ1v) is 4.44. The van der Waals surface area contributed by atoms with Gasteiger partial charge in [0.2, 0.25) is 0 Å². The van der Waals surface area contributed by atoms with Gasteiger partial charge in [-0.25, -0.2) is 0 Å². The molecule has 4 nitrogen and oxygen atoms in total. The van der Waals surface area contributed by atoms with Crippen LogP contribution in [-0.4, -0.2) is 50.7 Å². The van der Waals surface area contributed by atoms with Gasteiger partial charge in [-0.2, -0.15) is 0 Å². The highest BCUT2D eigenvalue weighted by atomic mass is 16.5. The second-order valence-electron chi connectivity index (χ2n) is 2.84. The Morgan fingerprint density at radius 3 is 2.67 bits per heavy atom. The standard InChI is InChI=1S/C8H17NO3/c10-2-5-11-3-1-4-12-8-6-9-7-8/h8-10H,1-7H2. The molecule has 72 valence electrons. The maximum atomic E-state index is 8.39. The molecule has 0 saturated carbocycles. The van der Waals surface area contributed by atoms with Gasteiger partial charge >= 0.3 is 0 Å². The Morgan fingerprint density at radius 2 is 2.08 bits per heavy atom. The Hall–Kier alpha value is -0.160. The molecular weight excluding hydrogens is 158 g/mol. The van der Waals surface area contributed by atoms with Gasteiger partial charge in [0, 0.05) is 26.3 Å². The van der Waals surface area contributed by atoms with Crippen LogP contribution >= 0.6 is 0 Å². The highest BCUT2D eigenvalue weighted by Gasteiger charge is 2.15.